The molecule has 2 aromatic carbocycles. The van der Waals surface area contributed by atoms with Gasteiger partial charge in [-0.3, -0.25) is 9.69 Å². The van der Waals surface area contributed by atoms with Crippen molar-refractivity contribution in [1.82, 2.24) is 10.2 Å². The Morgan fingerprint density at radius 2 is 1.64 bits per heavy atom. The number of amides is 1. The van der Waals surface area contributed by atoms with Crippen LogP contribution in [0, 0.1) is 0 Å². The van der Waals surface area contributed by atoms with E-state index in [9.17, 15) is 4.79 Å². The third-order valence-electron chi connectivity index (χ3n) is 4.61. The molecule has 146 valence electrons. The summed E-state index contributed by atoms with van der Waals surface area (Å²) in [4.78, 5) is 16.8. The largest absolute Gasteiger partial charge is 0.351 e. The van der Waals surface area contributed by atoms with E-state index in [1.807, 2.05) is 30.3 Å². The van der Waals surface area contributed by atoms with Crippen molar-refractivity contribution in [3.8, 4) is 10.4 Å². The molecule has 0 aliphatic rings. The molecule has 0 bridgehead atoms. The first kappa shape index (κ1) is 20.3. The number of carbonyl (C=O) groups is 1. The summed E-state index contributed by atoms with van der Waals surface area (Å²) in [5.74, 6) is 0.0253. The zero-order chi connectivity index (χ0) is 19.6. The molecule has 4 heteroatoms. The van der Waals surface area contributed by atoms with Gasteiger partial charge in [0.15, 0.2) is 0 Å². The molecule has 28 heavy (non-hydrogen) atoms. The van der Waals surface area contributed by atoms with E-state index in [-0.39, 0.29) is 5.91 Å². The Bertz CT molecular complexity index is 845. The lowest BCUT2D eigenvalue weighted by Gasteiger charge is -2.21. The number of rotatable bonds is 10. The fourth-order valence-corrected chi connectivity index (χ4v) is 4.16. The second kappa shape index (κ2) is 10.8. The van der Waals surface area contributed by atoms with Crippen molar-refractivity contribution in [2.24, 2.45) is 0 Å². The molecule has 3 aromatic rings. The molecule has 1 amide bonds. The first-order valence-corrected chi connectivity index (χ1v) is 10.8. The van der Waals surface area contributed by atoms with E-state index >= 15 is 0 Å². The van der Waals surface area contributed by atoms with Gasteiger partial charge in [0.25, 0.3) is 5.91 Å². The fraction of sp³-hybridized carbons (Fsp3) is 0.292. The Hall–Kier alpha value is -2.43. The van der Waals surface area contributed by atoms with Crippen LogP contribution in [0.25, 0.3) is 10.4 Å². The smallest absolute Gasteiger partial charge is 0.261 e. The molecule has 0 atom stereocenters. The average Bonchev–Trinajstić information content (AvgIpc) is 3.23. The molecular weight excluding hydrogens is 364 g/mol. The average molecular weight is 393 g/mol. The number of carbonyl (C=O) groups excluding carboxylic acids is 1. The van der Waals surface area contributed by atoms with Crippen LogP contribution in [0.5, 0.6) is 0 Å². The number of thiophene rings is 1. The van der Waals surface area contributed by atoms with Crippen LogP contribution in [0.1, 0.15) is 35.0 Å². The zero-order valence-electron chi connectivity index (χ0n) is 16.4. The molecule has 3 nitrogen and oxygen atoms in total. The van der Waals surface area contributed by atoms with Crippen molar-refractivity contribution < 1.29 is 4.79 Å². The standard InChI is InChI=1S/C24H28N2OS/c1-2-17-26(19-20-10-5-3-6-11-20)18-9-16-25-24(27)23-15-14-22(28-23)21-12-7-4-8-13-21/h3-8,10-15H,2,9,16-19H2,1H3,(H,25,27). The highest BCUT2D eigenvalue weighted by Crippen LogP contribution is 2.27. The van der Waals surface area contributed by atoms with Crippen LogP contribution >= 0.6 is 11.3 Å². The first-order valence-electron chi connectivity index (χ1n) is 9.96. The molecule has 0 saturated carbocycles. The second-order valence-corrected chi connectivity index (χ2v) is 7.98. The van der Waals surface area contributed by atoms with Gasteiger partial charge < -0.3 is 5.32 Å². The normalized spacial score (nSPS) is 10.9. The molecule has 3 rings (SSSR count). The molecule has 1 heterocycles. The summed E-state index contributed by atoms with van der Waals surface area (Å²) in [6.07, 6.45) is 2.09. The molecule has 1 aromatic heterocycles. The van der Waals surface area contributed by atoms with Gasteiger partial charge in [-0.1, -0.05) is 67.6 Å². The minimum Gasteiger partial charge on any atom is -0.351 e. The summed E-state index contributed by atoms with van der Waals surface area (Å²) >= 11 is 1.55. The maximum absolute atomic E-state index is 12.4. The Balaban J connectivity index is 1.45. The SMILES string of the molecule is CCCN(CCCNC(=O)c1ccc(-c2ccccc2)s1)Cc1ccccc1. The van der Waals surface area contributed by atoms with E-state index in [1.165, 1.54) is 5.56 Å². The van der Waals surface area contributed by atoms with Gasteiger partial charge in [-0.25, -0.2) is 0 Å². The van der Waals surface area contributed by atoms with Gasteiger partial charge in [0.1, 0.15) is 0 Å². The number of nitrogens with one attached hydrogen (secondary N) is 1. The Morgan fingerprint density at radius 3 is 2.36 bits per heavy atom. The molecule has 0 saturated heterocycles. The van der Waals surface area contributed by atoms with E-state index in [0.29, 0.717) is 6.54 Å². The highest BCUT2D eigenvalue weighted by molar-refractivity contribution is 7.17. The molecule has 0 aliphatic heterocycles. The maximum Gasteiger partial charge on any atom is 0.261 e. The highest BCUT2D eigenvalue weighted by atomic mass is 32.1. The molecule has 0 fully saturated rings. The monoisotopic (exact) mass is 392 g/mol. The third-order valence-corrected chi connectivity index (χ3v) is 5.75. The topological polar surface area (TPSA) is 32.3 Å². The van der Waals surface area contributed by atoms with Gasteiger partial charge in [-0.05, 0) is 42.6 Å². The van der Waals surface area contributed by atoms with Gasteiger partial charge in [0, 0.05) is 24.5 Å². The lowest BCUT2D eigenvalue weighted by Crippen LogP contribution is -2.30. The lowest BCUT2D eigenvalue weighted by molar-refractivity contribution is 0.0955. The van der Waals surface area contributed by atoms with Crippen molar-refractivity contribution in [3.63, 3.8) is 0 Å². The fourth-order valence-electron chi connectivity index (χ4n) is 3.24. The minimum atomic E-state index is 0.0253. The quantitative estimate of drug-likeness (QED) is 0.466. The maximum atomic E-state index is 12.4. The van der Waals surface area contributed by atoms with E-state index in [1.54, 1.807) is 11.3 Å². The summed E-state index contributed by atoms with van der Waals surface area (Å²) in [5.41, 5.74) is 2.50. The van der Waals surface area contributed by atoms with E-state index in [0.717, 1.165) is 47.8 Å². The molecule has 0 unspecified atom stereocenters. The molecule has 0 aliphatic carbocycles. The summed E-state index contributed by atoms with van der Waals surface area (Å²) in [5, 5.41) is 3.07. The Labute approximate surface area is 172 Å². The van der Waals surface area contributed by atoms with Crippen LogP contribution < -0.4 is 5.32 Å². The van der Waals surface area contributed by atoms with Gasteiger partial charge in [-0.15, -0.1) is 11.3 Å². The second-order valence-electron chi connectivity index (χ2n) is 6.90. The predicted molar refractivity (Wildman–Crippen MR) is 119 cm³/mol. The predicted octanol–water partition coefficient (Wildman–Crippen LogP) is 5.45. The van der Waals surface area contributed by atoms with E-state index < -0.39 is 0 Å². The van der Waals surface area contributed by atoms with E-state index in [2.05, 4.69) is 59.6 Å². The summed E-state index contributed by atoms with van der Waals surface area (Å²) in [7, 11) is 0. The highest BCUT2D eigenvalue weighted by Gasteiger charge is 2.10. The van der Waals surface area contributed by atoms with E-state index in [4.69, 9.17) is 0 Å². The summed E-state index contributed by atoms with van der Waals surface area (Å²) in [6.45, 7) is 5.94. The van der Waals surface area contributed by atoms with Crippen molar-refractivity contribution in [1.29, 1.82) is 0 Å². The zero-order valence-corrected chi connectivity index (χ0v) is 17.3. The van der Waals surface area contributed by atoms with Gasteiger partial charge in [0.05, 0.1) is 4.88 Å². The van der Waals surface area contributed by atoms with Crippen molar-refractivity contribution in [3.05, 3.63) is 83.2 Å². The number of benzene rings is 2. The molecule has 0 spiro atoms. The van der Waals surface area contributed by atoms with Crippen molar-refractivity contribution >= 4 is 17.2 Å². The Morgan fingerprint density at radius 1 is 0.929 bits per heavy atom. The first-order chi connectivity index (χ1) is 13.8. The molecule has 0 radical (unpaired) electrons. The molecular formula is C24H28N2OS. The van der Waals surface area contributed by atoms with Crippen LogP contribution in [-0.2, 0) is 6.54 Å². The van der Waals surface area contributed by atoms with Crippen LogP contribution in [0.15, 0.2) is 72.8 Å². The van der Waals surface area contributed by atoms with Crippen LogP contribution in [0.4, 0.5) is 0 Å². The molecule has 1 N–H and O–H groups in total. The van der Waals surface area contributed by atoms with Crippen molar-refractivity contribution in [2.45, 2.75) is 26.3 Å². The van der Waals surface area contributed by atoms with Crippen LogP contribution in [-0.4, -0.2) is 30.4 Å². The van der Waals surface area contributed by atoms with Gasteiger partial charge in [-0.2, -0.15) is 0 Å². The summed E-state index contributed by atoms with van der Waals surface area (Å²) in [6, 6.07) is 24.7. The Kier molecular flexibility index (Phi) is 7.82. The van der Waals surface area contributed by atoms with Gasteiger partial charge in [0.2, 0.25) is 0 Å². The number of nitrogens with zero attached hydrogens (tertiary/aromatic N) is 1. The lowest BCUT2D eigenvalue weighted by atomic mass is 10.2. The number of hydrogen-bond acceptors (Lipinski definition) is 3. The minimum absolute atomic E-state index is 0.0253. The number of hydrogen-bond donors (Lipinski definition) is 1. The van der Waals surface area contributed by atoms with Crippen LogP contribution in [0.3, 0.4) is 0 Å². The third kappa shape index (κ3) is 6.04. The van der Waals surface area contributed by atoms with Crippen LogP contribution in [0.2, 0.25) is 0 Å². The van der Waals surface area contributed by atoms with Crippen molar-refractivity contribution in [2.75, 3.05) is 19.6 Å². The summed E-state index contributed by atoms with van der Waals surface area (Å²) < 4.78 is 0. The van der Waals surface area contributed by atoms with Gasteiger partial charge >= 0.3 is 0 Å².